The molecule has 1 unspecified atom stereocenters. The number of unbranched alkanes of at least 4 members (excludes halogenated alkanes) is 6. The minimum Gasteiger partial charge on any atom is -0.481 e. The fourth-order valence-corrected chi connectivity index (χ4v) is 2.40. The van der Waals surface area contributed by atoms with Crippen molar-refractivity contribution in [2.45, 2.75) is 91.1 Å². The molecule has 2 N–H and O–H groups in total. The van der Waals surface area contributed by atoms with E-state index in [-0.39, 0.29) is 5.92 Å². The van der Waals surface area contributed by atoms with Crippen molar-refractivity contribution >= 4 is 12.1 Å². The van der Waals surface area contributed by atoms with Crippen LogP contribution in [0.15, 0.2) is 0 Å². The van der Waals surface area contributed by atoms with Crippen molar-refractivity contribution in [2.24, 2.45) is 5.92 Å². The summed E-state index contributed by atoms with van der Waals surface area (Å²) in [5.74, 6) is -1.16. The molecule has 1 atom stereocenters. The van der Waals surface area contributed by atoms with E-state index >= 15 is 0 Å². The Morgan fingerprint density at radius 3 is 2.09 bits per heavy atom. The van der Waals surface area contributed by atoms with Crippen molar-refractivity contribution in [3.05, 3.63) is 0 Å². The molecule has 0 aliphatic heterocycles. The van der Waals surface area contributed by atoms with Gasteiger partial charge in [0.2, 0.25) is 0 Å². The summed E-state index contributed by atoms with van der Waals surface area (Å²) in [6.07, 6.45) is 8.90. The van der Waals surface area contributed by atoms with E-state index in [1.807, 2.05) is 0 Å². The van der Waals surface area contributed by atoms with Crippen molar-refractivity contribution in [1.29, 1.82) is 0 Å². The summed E-state index contributed by atoms with van der Waals surface area (Å²) in [5, 5.41) is 11.9. The van der Waals surface area contributed by atoms with Crippen LogP contribution in [0.5, 0.6) is 0 Å². The number of amides is 1. The van der Waals surface area contributed by atoms with Gasteiger partial charge in [-0.2, -0.15) is 0 Å². The van der Waals surface area contributed by atoms with Gasteiger partial charge in [0.1, 0.15) is 5.60 Å². The Morgan fingerprint density at radius 2 is 1.57 bits per heavy atom. The monoisotopic (exact) mass is 329 g/mol. The molecule has 0 bridgehead atoms. The number of hydrogen-bond acceptors (Lipinski definition) is 3. The van der Waals surface area contributed by atoms with Crippen molar-refractivity contribution < 1.29 is 19.4 Å². The number of rotatable bonds is 12. The highest BCUT2D eigenvalue weighted by Gasteiger charge is 2.19. The van der Waals surface area contributed by atoms with Crippen molar-refractivity contribution in [2.75, 3.05) is 6.54 Å². The first kappa shape index (κ1) is 21.7. The maximum Gasteiger partial charge on any atom is 0.407 e. The Hall–Kier alpha value is -1.26. The van der Waals surface area contributed by atoms with Crippen molar-refractivity contribution in [3.63, 3.8) is 0 Å². The highest BCUT2D eigenvalue weighted by atomic mass is 16.6. The van der Waals surface area contributed by atoms with E-state index in [2.05, 4.69) is 12.2 Å². The number of alkyl carbamates (subject to hydrolysis) is 1. The number of carboxylic acids is 1. The van der Waals surface area contributed by atoms with Crippen LogP contribution in [-0.2, 0) is 9.53 Å². The lowest BCUT2D eigenvalue weighted by atomic mass is 9.97. The third kappa shape index (κ3) is 14.1. The van der Waals surface area contributed by atoms with Crippen LogP contribution in [0.3, 0.4) is 0 Å². The molecule has 0 saturated carbocycles. The predicted molar refractivity (Wildman–Crippen MR) is 92.6 cm³/mol. The summed E-state index contributed by atoms with van der Waals surface area (Å²) < 4.78 is 5.13. The molecule has 0 aromatic heterocycles. The number of carbonyl (C=O) groups is 2. The highest BCUT2D eigenvalue weighted by Crippen LogP contribution is 2.16. The van der Waals surface area contributed by atoms with Crippen LogP contribution in [-0.4, -0.2) is 29.3 Å². The van der Waals surface area contributed by atoms with E-state index in [0.29, 0.717) is 19.4 Å². The molecular weight excluding hydrogens is 294 g/mol. The minimum atomic E-state index is -0.776. The second-order valence-corrected chi connectivity index (χ2v) is 7.16. The van der Waals surface area contributed by atoms with Crippen LogP contribution in [0.1, 0.15) is 85.5 Å². The smallest absolute Gasteiger partial charge is 0.407 e. The van der Waals surface area contributed by atoms with E-state index in [4.69, 9.17) is 4.74 Å². The lowest BCUT2D eigenvalue weighted by Crippen LogP contribution is -2.34. The third-order valence-corrected chi connectivity index (χ3v) is 3.67. The second-order valence-electron chi connectivity index (χ2n) is 7.16. The molecule has 0 aromatic rings. The SMILES string of the molecule is CCCCCCCCCC(CCNC(=O)OC(C)(C)C)C(=O)O. The predicted octanol–water partition coefficient (Wildman–Crippen LogP) is 4.74. The van der Waals surface area contributed by atoms with Gasteiger partial charge in [-0.25, -0.2) is 4.79 Å². The second kappa shape index (κ2) is 12.2. The van der Waals surface area contributed by atoms with E-state index in [1.165, 1.54) is 32.1 Å². The lowest BCUT2D eigenvalue weighted by Gasteiger charge is -2.20. The molecule has 0 aliphatic carbocycles. The summed E-state index contributed by atoms with van der Waals surface area (Å²) in [6.45, 7) is 7.93. The van der Waals surface area contributed by atoms with Gasteiger partial charge in [-0.15, -0.1) is 0 Å². The van der Waals surface area contributed by atoms with E-state index in [0.717, 1.165) is 12.8 Å². The number of ether oxygens (including phenoxy) is 1. The Kier molecular flexibility index (Phi) is 11.5. The molecule has 136 valence electrons. The van der Waals surface area contributed by atoms with Crippen LogP contribution >= 0.6 is 0 Å². The molecule has 0 heterocycles. The van der Waals surface area contributed by atoms with Crippen LogP contribution < -0.4 is 5.32 Å². The van der Waals surface area contributed by atoms with Crippen LogP contribution in [0, 0.1) is 5.92 Å². The zero-order chi connectivity index (χ0) is 17.7. The van der Waals surface area contributed by atoms with Crippen LogP contribution in [0.2, 0.25) is 0 Å². The standard InChI is InChI=1S/C18H35NO4/c1-5-6-7-8-9-10-11-12-15(16(20)21)13-14-19-17(22)23-18(2,3)4/h15H,5-14H2,1-4H3,(H,19,22)(H,20,21). The van der Waals surface area contributed by atoms with E-state index in [1.54, 1.807) is 20.8 Å². The molecule has 0 rings (SSSR count). The average Bonchev–Trinajstić information content (AvgIpc) is 2.42. The molecule has 0 aliphatic rings. The zero-order valence-corrected chi connectivity index (χ0v) is 15.3. The van der Waals surface area contributed by atoms with Gasteiger partial charge in [-0.3, -0.25) is 4.79 Å². The molecule has 0 saturated heterocycles. The number of carboxylic acid groups (broad SMARTS) is 1. The molecular formula is C18H35NO4. The van der Waals surface area contributed by atoms with Gasteiger partial charge in [0.05, 0.1) is 5.92 Å². The van der Waals surface area contributed by atoms with Crippen molar-refractivity contribution in [1.82, 2.24) is 5.32 Å². The number of carbonyl (C=O) groups excluding carboxylic acids is 1. The molecule has 0 aromatic carbocycles. The first-order valence-corrected chi connectivity index (χ1v) is 8.96. The molecule has 5 heteroatoms. The van der Waals surface area contributed by atoms with E-state index < -0.39 is 17.7 Å². The van der Waals surface area contributed by atoms with Crippen LogP contribution in [0.25, 0.3) is 0 Å². The van der Waals surface area contributed by atoms with Gasteiger partial charge < -0.3 is 15.2 Å². The van der Waals surface area contributed by atoms with Gasteiger partial charge in [-0.05, 0) is 33.6 Å². The summed E-state index contributed by atoms with van der Waals surface area (Å²) in [4.78, 5) is 22.8. The summed E-state index contributed by atoms with van der Waals surface area (Å²) in [6, 6.07) is 0. The van der Waals surface area contributed by atoms with Crippen LogP contribution in [0.4, 0.5) is 4.79 Å². The normalized spacial score (nSPS) is 12.7. The molecule has 23 heavy (non-hydrogen) atoms. The van der Waals surface area contributed by atoms with Crippen molar-refractivity contribution in [3.8, 4) is 0 Å². The minimum absolute atomic E-state index is 0.336. The largest absolute Gasteiger partial charge is 0.481 e. The fourth-order valence-electron chi connectivity index (χ4n) is 2.40. The van der Waals surface area contributed by atoms with Gasteiger partial charge in [0.25, 0.3) is 0 Å². The Morgan fingerprint density at radius 1 is 1.00 bits per heavy atom. The summed E-state index contributed by atoms with van der Waals surface area (Å²) in [5.41, 5.74) is -0.534. The number of nitrogens with one attached hydrogen (secondary N) is 1. The number of aliphatic carboxylic acids is 1. The average molecular weight is 329 g/mol. The van der Waals surface area contributed by atoms with Gasteiger partial charge >= 0.3 is 12.1 Å². The summed E-state index contributed by atoms with van der Waals surface area (Å²) >= 11 is 0. The summed E-state index contributed by atoms with van der Waals surface area (Å²) in [7, 11) is 0. The molecule has 0 radical (unpaired) electrons. The topological polar surface area (TPSA) is 75.6 Å². The Labute approximate surface area is 141 Å². The molecule has 0 fully saturated rings. The molecule has 0 spiro atoms. The maximum atomic E-state index is 11.5. The fraction of sp³-hybridized carbons (Fsp3) is 0.889. The van der Waals surface area contributed by atoms with Gasteiger partial charge in [-0.1, -0.05) is 51.9 Å². The Balaban J connectivity index is 3.82. The first-order valence-electron chi connectivity index (χ1n) is 8.96. The van der Waals surface area contributed by atoms with Gasteiger partial charge in [0.15, 0.2) is 0 Å². The zero-order valence-electron chi connectivity index (χ0n) is 15.3. The Bertz CT molecular complexity index is 336. The maximum absolute atomic E-state index is 11.5. The highest BCUT2D eigenvalue weighted by molar-refractivity contribution is 5.70. The molecule has 1 amide bonds. The quantitative estimate of drug-likeness (QED) is 0.507. The molecule has 5 nitrogen and oxygen atoms in total. The van der Waals surface area contributed by atoms with Gasteiger partial charge in [0, 0.05) is 6.54 Å². The third-order valence-electron chi connectivity index (χ3n) is 3.67. The van der Waals surface area contributed by atoms with E-state index in [9.17, 15) is 14.7 Å². The number of hydrogen-bond donors (Lipinski definition) is 2. The lowest BCUT2D eigenvalue weighted by molar-refractivity contribution is -0.142. The first-order chi connectivity index (χ1) is 10.8.